The highest BCUT2D eigenvalue weighted by atomic mass is 16.6. The molecule has 0 N–H and O–H groups in total. The van der Waals surface area contributed by atoms with Gasteiger partial charge in [-0.25, -0.2) is 9.67 Å². The number of aromatic nitrogens is 3. The number of rotatable bonds is 7. The monoisotopic (exact) mass is 404 g/mol. The quantitative estimate of drug-likeness (QED) is 0.445. The number of benzene rings is 2. The van der Waals surface area contributed by atoms with E-state index in [2.05, 4.69) is 56.3 Å². The maximum absolute atomic E-state index is 10.8. The van der Waals surface area contributed by atoms with Crippen LogP contribution in [0.15, 0.2) is 67.0 Å². The predicted molar refractivity (Wildman–Crippen MR) is 116 cm³/mol. The van der Waals surface area contributed by atoms with Gasteiger partial charge in [0, 0.05) is 50.4 Å². The van der Waals surface area contributed by atoms with E-state index in [0.29, 0.717) is 12.5 Å². The Balaban J connectivity index is 1.25. The van der Waals surface area contributed by atoms with E-state index >= 15 is 0 Å². The van der Waals surface area contributed by atoms with Crippen molar-refractivity contribution < 1.29 is 4.92 Å². The van der Waals surface area contributed by atoms with Crippen molar-refractivity contribution in [3.63, 3.8) is 0 Å². The molecule has 0 radical (unpaired) electrons. The van der Waals surface area contributed by atoms with Crippen molar-refractivity contribution >= 4 is 11.8 Å². The highest BCUT2D eigenvalue weighted by Crippen LogP contribution is 2.19. The van der Waals surface area contributed by atoms with Gasteiger partial charge in [0.15, 0.2) is 5.82 Å². The lowest BCUT2D eigenvalue weighted by Gasteiger charge is -2.33. The van der Waals surface area contributed by atoms with E-state index < -0.39 is 4.92 Å². The Morgan fingerprint density at radius 2 is 1.67 bits per heavy atom. The topological polar surface area (TPSA) is 80.3 Å². The summed E-state index contributed by atoms with van der Waals surface area (Å²) in [6, 6.07) is 16.7. The van der Waals surface area contributed by atoms with Gasteiger partial charge in [-0.05, 0) is 17.7 Å². The van der Waals surface area contributed by atoms with Gasteiger partial charge in [0.05, 0.1) is 11.6 Å². The molecule has 1 aliphatic heterocycles. The summed E-state index contributed by atoms with van der Waals surface area (Å²) >= 11 is 0. The zero-order valence-electron chi connectivity index (χ0n) is 16.7. The summed E-state index contributed by atoms with van der Waals surface area (Å²) in [7, 11) is 0. The van der Waals surface area contributed by atoms with Gasteiger partial charge in [-0.3, -0.25) is 19.9 Å². The van der Waals surface area contributed by atoms with Gasteiger partial charge in [0.25, 0.3) is 5.69 Å². The molecular weight excluding hydrogens is 380 g/mol. The number of nitro benzene ring substituents is 1. The summed E-state index contributed by atoms with van der Waals surface area (Å²) in [5.41, 5.74) is 2.06. The van der Waals surface area contributed by atoms with Crippen molar-refractivity contribution in [2.45, 2.75) is 6.67 Å². The van der Waals surface area contributed by atoms with Gasteiger partial charge in [-0.2, -0.15) is 0 Å². The molecule has 4 rings (SSSR count). The minimum atomic E-state index is -0.410. The van der Waals surface area contributed by atoms with E-state index in [4.69, 9.17) is 0 Å². The molecular formula is C22H24N6O2. The van der Waals surface area contributed by atoms with E-state index in [9.17, 15) is 10.1 Å². The maximum atomic E-state index is 10.8. The van der Waals surface area contributed by atoms with Crippen molar-refractivity contribution in [2.75, 3.05) is 32.7 Å². The first-order valence-corrected chi connectivity index (χ1v) is 9.98. The summed E-state index contributed by atoms with van der Waals surface area (Å²) in [6.07, 6.45) is 6.10. The van der Waals surface area contributed by atoms with Crippen LogP contribution in [0.1, 0.15) is 5.56 Å². The SMILES string of the molecule is O=[N+]([O-])c1ccc(-c2ncn(CN3CCN(C/C=C/c4ccccc4)CC3)n2)cc1. The minimum absolute atomic E-state index is 0.0645. The Kier molecular flexibility index (Phi) is 6.26. The van der Waals surface area contributed by atoms with Gasteiger partial charge >= 0.3 is 0 Å². The largest absolute Gasteiger partial charge is 0.297 e. The molecule has 3 aromatic rings. The fourth-order valence-corrected chi connectivity index (χ4v) is 3.45. The molecule has 8 heteroatoms. The van der Waals surface area contributed by atoms with E-state index in [1.807, 2.05) is 10.7 Å². The summed E-state index contributed by atoms with van der Waals surface area (Å²) < 4.78 is 1.82. The van der Waals surface area contributed by atoms with Crippen molar-refractivity contribution in [1.82, 2.24) is 24.6 Å². The smallest absolute Gasteiger partial charge is 0.269 e. The summed E-state index contributed by atoms with van der Waals surface area (Å²) in [4.78, 5) is 19.5. The maximum Gasteiger partial charge on any atom is 0.269 e. The van der Waals surface area contributed by atoms with Crippen LogP contribution in [-0.2, 0) is 6.67 Å². The van der Waals surface area contributed by atoms with Crippen LogP contribution < -0.4 is 0 Å². The third-order valence-electron chi connectivity index (χ3n) is 5.16. The third-order valence-corrected chi connectivity index (χ3v) is 5.16. The molecule has 2 heterocycles. The molecule has 0 atom stereocenters. The second-order valence-corrected chi connectivity index (χ2v) is 7.28. The highest BCUT2D eigenvalue weighted by molar-refractivity contribution is 5.56. The fourth-order valence-electron chi connectivity index (χ4n) is 3.45. The van der Waals surface area contributed by atoms with Crippen LogP contribution in [-0.4, -0.2) is 62.2 Å². The van der Waals surface area contributed by atoms with Gasteiger partial charge < -0.3 is 0 Å². The fraction of sp³-hybridized carbons (Fsp3) is 0.273. The molecule has 0 aliphatic carbocycles. The van der Waals surface area contributed by atoms with Crippen molar-refractivity contribution in [3.8, 4) is 11.4 Å². The molecule has 1 fully saturated rings. The van der Waals surface area contributed by atoms with Crippen LogP contribution >= 0.6 is 0 Å². The zero-order valence-corrected chi connectivity index (χ0v) is 16.7. The number of nitro groups is 1. The molecule has 1 aromatic heterocycles. The normalized spacial score (nSPS) is 15.6. The Bertz CT molecular complexity index is 992. The molecule has 1 aliphatic rings. The lowest BCUT2D eigenvalue weighted by molar-refractivity contribution is -0.384. The van der Waals surface area contributed by atoms with Gasteiger partial charge in [0.2, 0.25) is 0 Å². The van der Waals surface area contributed by atoms with Gasteiger partial charge in [0.1, 0.15) is 6.33 Å². The van der Waals surface area contributed by atoms with Crippen molar-refractivity contribution in [2.24, 2.45) is 0 Å². The summed E-state index contributed by atoms with van der Waals surface area (Å²) in [6.45, 7) is 5.63. The number of piperazine rings is 1. The van der Waals surface area contributed by atoms with E-state index in [1.165, 1.54) is 17.7 Å². The summed E-state index contributed by atoms with van der Waals surface area (Å²) in [5, 5.41) is 15.3. The second kappa shape index (κ2) is 9.43. The van der Waals surface area contributed by atoms with Crippen molar-refractivity contribution in [3.05, 3.63) is 82.7 Å². The molecule has 1 saturated heterocycles. The number of hydrogen-bond acceptors (Lipinski definition) is 6. The molecule has 30 heavy (non-hydrogen) atoms. The molecule has 0 amide bonds. The standard InChI is InChI=1S/C22H24N6O2/c29-28(30)21-10-8-20(9-11-21)22-23-17-27(24-22)18-26-15-13-25(14-16-26)12-4-7-19-5-2-1-3-6-19/h1-11,17H,12-16,18H2/b7-4+. The summed E-state index contributed by atoms with van der Waals surface area (Å²) in [5.74, 6) is 0.578. The van der Waals surface area contributed by atoms with Gasteiger partial charge in [-0.15, -0.1) is 5.10 Å². The van der Waals surface area contributed by atoms with Crippen LogP contribution in [0.4, 0.5) is 5.69 Å². The van der Waals surface area contributed by atoms with Gasteiger partial charge in [-0.1, -0.05) is 42.5 Å². The minimum Gasteiger partial charge on any atom is -0.297 e. The average Bonchev–Trinajstić information content (AvgIpc) is 3.24. The molecule has 0 bridgehead atoms. The highest BCUT2D eigenvalue weighted by Gasteiger charge is 2.17. The lowest BCUT2D eigenvalue weighted by Crippen LogP contribution is -2.46. The first-order chi connectivity index (χ1) is 14.7. The Labute approximate surface area is 175 Å². The Morgan fingerprint density at radius 3 is 2.37 bits per heavy atom. The van der Waals surface area contributed by atoms with Crippen LogP contribution in [0, 0.1) is 10.1 Å². The zero-order chi connectivity index (χ0) is 20.8. The van der Waals surface area contributed by atoms with E-state index in [1.54, 1.807) is 18.5 Å². The van der Waals surface area contributed by atoms with E-state index in [-0.39, 0.29) is 5.69 Å². The number of hydrogen-bond donors (Lipinski definition) is 0. The third kappa shape index (κ3) is 5.16. The van der Waals surface area contributed by atoms with E-state index in [0.717, 1.165) is 38.3 Å². The molecule has 0 spiro atoms. The second-order valence-electron chi connectivity index (χ2n) is 7.28. The van der Waals surface area contributed by atoms with Crippen LogP contribution in [0.3, 0.4) is 0 Å². The average molecular weight is 404 g/mol. The molecule has 0 unspecified atom stereocenters. The van der Waals surface area contributed by atoms with Crippen LogP contribution in [0.2, 0.25) is 0 Å². The van der Waals surface area contributed by atoms with Crippen LogP contribution in [0.5, 0.6) is 0 Å². The van der Waals surface area contributed by atoms with Crippen LogP contribution in [0.25, 0.3) is 17.5 Å². The lowest BCUT2D eigenvalue weighted by atomic mass is 10.2. The first-order valence-electron chi connectivity index (χ1n) is 9.98. The molecule has 154 valence electrons. The predicted octanol–water partition coefficient (Wildman–Crippen LogP) is 3.14. The number of nitrogens with zero attached hydrogens (tertiary/aromatic N) is 6. The number of non-ortho nitro benzene ring substituents is 1. The molecule has 0 saturated carbocycles. The van der Waals surface area contributed by atoms with Crippen molar-refractivity contribution in [1.29, 1.82) is 0 Å². The Hall–Kier alpha value is -3.36. The Morgan fingerprint density at radius 1 is 0.967 bits per heavy atom. The molecule has 8 nitrogen and oxygen atoms in total. The first kappa shape index (κ1) is 19.9. The molecule has 2 aromatic carbocycles.